The van der Waals surface area contributed by atoms with E-state index in [9.17, 15) is 19.2 Å². The predicted octanol–water partition coefficient (Wildman–Crippen LogP) is 1.45. The van der Waals surface area contributed by atoms with Crippen LogP contribution in [-0.2, 0) is 16.1 Å². The number of carbonyl (C=O) groups is 2. The van der Waals surface area contributed by atoms with Crippen molar-refractivity contribution in [2.24, 2.45) is 5.92 Å². The van der Waals surface area contributed by atoms with Gasteiger partial charge in [-0.25, -0.2) is 4.79 Å². The Kier molecular flexibility index (Phi) is 9.92. The van der Waals surface area contributed by atoms with Crippen LogP contribution < -0.4 is 37.3 Å². The van der Waals surface area contributed by atoms with Crippen molar-refractivity contribution in [1.82, 2.24) is 14.9 Å². The summed E-state index contributed by atoms with van der Waals surface area (Å²) < 4.78 is 6.57. The number of ether oxygens (including phenoxy) is 1. The van der Waals surface area contributed by atoms with Gasteiger partial charge in [-0.1, -0.05) is 33.3 Å². The van der Waals surface area contributed by atoms with Gasteiger partial charge in [-0.2, -0.15) is 0 Å². The number of aryl methyl sites for hydroxylation is 1. The van der Waals surface area contributed by atoms with Crippen LogP contribution in [-0.4, -0.2) is 48.1 Å². The maximum Gasteiger partial charge on any atom is 0.330 e. The Hall–Kier alpha value is -3.76. The van der Waals surface area contributed by atoms with Gasteiger partial charge in [0.2, 0.25) is 11.8 Å². The van der Waals surface area contributed by atoms with Crippen molar-refractivity contribution in [3.63, 3.8) is 0 Å². The number of anilines is 3. The Bertz CT molecular complexity index is 1150. The lowest BCUT2D eigenvalue weighted by Crippen LogP contribution is -2.45. The second-order valence-electron chi connectivity index (χ2n) is 8.80. The van der Waals surface area contributed by atoms with Gasteiger partial charge in [-0.05, 0) is 37.0 Å². The fourth-order valence-electron chi connectivity index (χ4n) is 3.62. The number of rotatable bonds is 12. The summed E-state index contributed by atoms with van der Waals surface area (Å²) in [6.07, 6.45) is 1.55. The highest BCUT2D eigenvalue weighted by Gasteiger charge is 2.22. The van der Waals surface area contributed by atoms with Crippen molar-refractivity contribution in [2.45, 2.75) is 47.1 Å². The second kappa shape index (κ2) is 12.6. The van der Waals surface area contributed by atoms with E-state index in [0.29, 0.717) is 30.9 Å². The Morgan fingerprint density at radius 3 is 2.57 bits per heavy atom. The third kappa shape index (κ3) is 7.62. The topological polar surface area (TPSA) is 152 Å². The molecule has 2 amide bonds. The van der Waals surface area contributed by atoms with Crippen molar-refractivity contribution in [1.29, 1.82) is 0 Å². The monoisotopic (exact) mass is 488 g/mol. The Morgan fingerprint density at radius 1 is 1.23 bits per heavy atom. The number of nitrogens with one attached hydrogen (secondary N) is 3. The number of amides is 2. The average Bonchev–Trinajstić information content (AvgIpc) is 2.77. The van der Waals surface area contributed by atoms with E-state index in [0.717, 1.165) is 12.0 Å². The minimum absolute atomic E-state index is 0.0185. The first kappa shape index (κ1) is 27.5. The number of nitrogens with two attached hydrogens (primary N) is 1. The van der Waals surface area contributed by atoms with Gasteiger partial charge < -0.3 is 26.0 Å². The highest BCUT2D eigenvalue weighted by molar-refractivity contribution is 5.96. The number of carbonyl (C=O) groups excluding carboxylic acids is 2. The van der Waals surface area contributed by atoms with Gasteiger partial charge in [-0.15, -0.1) is 0 Å². The number of unbranched alkanes of at least 4 members (excludes halogenated alkanes) is 1. The molecule has 5 N–H and O–H groups in total. The van der Waals surface area contributed by atoms with E-state index in [1.807, 2.05) is 33.8 Å². The summed E-state index contributed by atoms with van der Waals surface area (Å²) in [6.45, 7) is 7.96. The van der Waals surface area contributed by atoms with E-state index in [2.05, 4.69) is 15.6 Å². The fraction of sp³-hybridized carbons (Fsp3) is 0.500. The highest BCUT2D eigenvalue weighted by Crippen LogP contribution is 2.25. The standard InChI is InChI=1S/C24H36N6O5/c1-6-7-10-30-22(25)21(23(33)28-24(30)34)29(13-15(2)3)14-20(32)26-12-19(31)27-17-11-16(4)8-9-18(17)35-5/h8-9,11,15H,6-7,10,12-14,25H2,1-5H3,(H,26,32)(H,27,31)(H,28,33,34). The maximum absolute atomic E-state index is 12.7. The summed E-state index contributed by atoms with van der Waals surface area (Å²) in [4.78, 5) is 53.9. The van der Waals surface area contributed by atoms with E-state index in [-0.39, 0.29) is 30.5 Å². The van der Waals surface area contributed by atoms with Gasteiger partial charge in [0.1, 0.15) is 17.3 Å². The van der Waals surface area contributed by atoms with Crippen LogP contribution in [0.15, 0.2) is 27.8 Å². The number of nitrogen functional groups attached to an aromatic ring is 1. The molecule has 0 unspecified atom stereocenters. The summed E-state index contributed by atoms with van der Waals surface area (Å²) in [5, 5.41) is 5.29. The average molecular weight is 489 g/mol. The van der Waals surface area contributed by atoms with Gasteiger partial charge >= 0.3 is 5.69 Å². The fourth-order valence-corrected chi connectivity index (χ4v) is 3.62. The molecule has 0 aliphatic carbocycles. The molecule has 11 heteroatoms. The van der Waals surface area contributed by atoms with Crippen LogP contribution in [0.25, 0.3) is 0 Å². The molecule has 0 bridgehead atoms. The lowest BCUT2D eigenvalue weighted by atomic mass is 10.2. The SMILES string of the molecule is CCCCn1c(N)c(N(CC(=O)NCC(=O)Nc2cc(C)ccc2OC)CC(C)C)c(=O)[nH]c1=O. The lowest BCUT2D eigenvalue weighted by molar-refractivity contribution is -0.123. The molecule has 1 heterocycles. The quantitative estimate of drug-likeness (QED) is 0.353. The Balaban J connectivity index is 2.15. The highest BCUT2D eigenvalue weighted by atomic mass is 16.5. The number of H-pyrrole nitrogens is 1. The Labute approximate surface area is 204 Å². The zero-order valence-electron chi connectivity index (χ0n) is 21.1. The zero-order valence-corrected chi connectivity index (χ0v) is 21.1. The molecule has 192 valence electrons. The maximum atomic E-state index is 12.7. The third-order valence-corrected chi connectivity index (χ3v) is 5.26. The van der Waals surface area contributed by atoms with Crippen molar-refractivity contribution < 1.29 is 14.3 Å². The van der Waals surface area contributed by atoms with Crippen LogP contribution in [0.1, 0.15) is 39.2 Å². The van der Waals surface area contributed by atoms with Crippen molar-refractivity contribution in [2.75, 3.05) is 42.7 Å². The number of hydrogen-bond acceptors (Lipinski definition) is 7. The molecule has 2 rings (SSSR count). The van der Waals surface area contributed by atoms with Crippen molar-refractivity contribution >= 4 is 29.0 Å². The molecule has 0 spiro atoms. The lowest BCUT2D eigenvalue weighted by Gasteiger charge is -2.27. The Morgan fingerprint density at radius 2 is 1.94 bits per heavy atom. The summed E-state index contributed by atoms with van der Waals surface area (Å²) in [5.41, 5.74) is 6.50. The van der Waals surface area contributed by atoms with E-state index in [4.69, 9.17) is 10.5 Å². The smallest absolute Gasteiger partial charge is 0.330 e. The summed E-state index contributed by atoms with van der Waals surface area (Å²) >= 11 is 0. The third-order valence-electron chi connectivity index (χ3n) is 5.26. The van der Waals surface area contributed by atoms with Gasteiger partial charge in [0, 0.05) is 13.1 Å². The van der Waals surface area contributed by atoms with E-state index in [1.54, 1.807) is 12.1 Å². The second-order valence-corrected chi connectivity index (χ2v) is 8.80. The molecule has 0 saturated heterocycles. The van der Waals surface area contributed by atoms with Crippen LogP contribution in [0.4, 0.5) is 17.2 Å². The van der Waals surface area contributed by atoms with Gasteiger partial charge in [0.05, 0.1) is 25.9 Å². The molecule has 2 aromatic rings. The number of methoxy groups -OCH3 is 1. The summed E-state index contributed by atoms with van der Waals surface area (Å²) in [5.74, 6) is -0.281. The molecule has 1 aromatic heterocycles. The van der Waals surface area contributed by atoms with E-state index < -0.39 is 23.1 Å². The number of aromatic amines is 1. The number of hydrogen-bond donors (Lipinski definition) is 4. The minimum Gasteiger partial charge on any atom is -0.495 e. The zero-order chi connectivity index (χ0) is 26.1. The first-order chi connectivity index (χ1) is 16.6. The molecule has 0 atom stereocenters. The van der Waals surface area contributed by atoms with E-state index in [1.165, 1.54) is 16.6 Å². The molecule has 0 radical (unpaired) electrons. The molecule has 0 aliphatic rings. The van der Waals surface area contributed by atoms with Crippen LogP contribution in [0, 0.1) is 12.8 Å². The van der Waals surface area contributed by atoms with Crippen LogP contribution >= 0.6 is 0 Å². The molecular weight excluding hydrogens is 452 g/mol. The molecule has 11 nitrogen and oxygen atoms in total. The molecular formula is C24H36N6O5. The van der Waals surface area contributed by atoms with E-state index >= 15 is 0 Å². The van der Waals surface area contributed by atoms with Gasteiger partial charge in [0.25, 0.3) is 5.56 Å². The molecule has 1 aromatic carbocycles. The van der Waals surface area contributed by atoms with Gasteiger partial charge in [-0.3, -0.25) is 23.9 Å². The molecule has 0 fully saturated rings. The summed E-state index contributed by atoms with van der Waals surface area (Å²) in [6, 6.07) is 5.37. The molecule has 35 heavy (non-hydrogen) atoms. The van der Waals surface area contributed by atoms with Crippen molar-refractivity contribution in [3.05, 3.63) is 44.6 Å². The first-order valence-electron chi connectivity index (χ1n) is 11.7. The molecule has 0 saturated carbocycles. The van der Waals surface area contributed by atoms with Gasteiger partial charge in [0.15, 0.2) is 0 Å². The van der Waals surface area contributed by atoms with Crippen LogP contribution in [0.2, 0.25) is 0 Å². The van der Waals surface area contributed by atoms with Crippen molar-refractivity contribution in [3.8, 4) is 5.75 Å². The number of benzene rings is 1. The first-order valence-corrected chi connectivity index (χ1v) is 11.7. The number of aromatic nitrogens is 2. The largest absolute Gasteiger partial charge is 0.495 e. The van der Waals surface area contributed by atoms with Crippen LogP contribution in [0.3, 0.4) is 0 Å². The number of nitrogens with zero attached hydrogens (tertiary/aromatic N) is 2. The normalized spacial score (nSPS) is 10.8. The predicted molar refractivity (Wildman–Crippen MR) is 137 cm³/mol. The minimum atomic E-state index is -0.655. The molecule has 0 aliphatic heterocycles. The summed E-state index contributed by atoms with van der Waals surface area (Å²) in [7, 11) is 1.50. The van der Waals surface area contributed by atoms with Crippen LogP contribution in [0.5, 0.6) is 5.75 Å².